The molecule has 2 aliphatic rings. The van der Waals surface area contributed by atoms with E-state index in [-0.39, 0.29) is 24.4 Å². The summed E-state index contributed by atoms with van der Waals surface area (Å²) >= 11 is 0. The number of aliphatic carboxylic acids is 1. The second-order valence-electron chi connectivity index (χ2n) is 5.15. The number of imide groups is 1. The minimum Gasteiger partial charge on any atom is -0.481 e. The molecule has 1 saturated carbocycles. The molecule has 2 fully saturated rings. The Morgan fingerprint density at radius 3 is 2.53 bits per heavy atom. The fraction of sp³-hybridized carbons (Fsp3) is 0.727. The number of amides is 2. The molecule has 0 radical (unpaired) electrons. The van der Waals surface area contributed by atoms with Crippen molar-refractivity contribution in [3.8, 4) is 0 Å². The minimum atomic E-state index is -0.851. The summed E-state index contributed by atoms with van der Waals surface area (Å²) in [6.07, 6.45) is 1.34. The Morgan fingerprint density at radius 2 is 2.06 bits per heavy atom. The summed E-state index contributed by atoms with van der Waals surface area (Å²) in [4.78, 5) is 35.8. The molecule has 0 spiro atoms. The summed E-state index contributed by atoms with van der Waals surface area (Å²) in [5.41, 5.74) is -0.827. The van der Waals surface area contributed by atoms with Gasteiger partial charge in [-0.3, -0.25) is 24.6 Å². The van der Waals surface area contributed by atoms with Gasteiger partial charge in [-0.2, -0.15) is 0 Å². The number of carboxylic acids is 1. The van der Waals surface area contributed by atoms with Crippen molar-refractivity contribution in [3.63, 3.8) is 0 Å². The Bertz CT molecular complexity index is 391. The fourth-order valence-electron chi connectivity index (χ4n) is 2.48. The number of carbonyl (C=O) groups is 3. The van der Waals surface area contributed by atoms with E-state index in [9.17, 15) is 14.4 Å². The Labute approximate surface area is 99.0 Å². The first kappa shape index (κ1) is 12.0. The second-order valence-corrected chi connectivity index (χ2v) is 5.15. The molecular formula is C11H16N2O4. The van der Waals surface area contributed by atoms with Crippen LogP contribution in [0.2, 0.25) is 0 Å². The van der Waals surface area contributed by atoms with E-state index in [4.69, 9.17) is 5.11 Å². The molecule has 6 nitrogen and oxygen atoms in total. The largest absolute Gasteiger partial charge is 0.481 e. The van der Waals surface area contributed by atoms with E-state index in [1.807, 2.05) is 0 Å². The van der Waals surface area contributed by atoms with E-state index in [2.05, 4.69) is 5.32 Å². The molecule has 2 N–H and O–H groups in total. The quantitative estimate of drug-likeness (QED) is 0.640. The van der Waals surface area contributed by atoms with Crippen LogP contribution in [0.3, 0.4) is 0 Å². The van der Waals surface area contributed by atoms with Crippen LogP contribution in [0, 0.1) is 5.92 Å². The van der Waals surface area contributed by atoms with E-state index < -0.39 is 17.4 Å². The Kier molecular flexibility index (Phi) is 2.69. The molecule has 1 aliphatic heterocycles. The standard InChI is InChI=1S/C11H16N2O4/c1-11(2)10(17)12-8(14)5-13(11)7-4-3-6(7)9(15)16/h6-7H,3-5H2,1-2H3,(H,15,16)(H,12,14,17). The lowest BCUT2D eigenvalue weighted by atomic mass is 9.76. The molecule has 1 aliphatic carbocycles. The summed E-state index contributed by atoms with van der Waals surface area (Å²) in [5.74, 6) is -2.03. The topological polar surface area (TPSA) is 86.7 Å². The number of hydrogen-bond acceptors (Lipinski definition) is 4. The van der Waals surface area contributed by atoms with E-state index in [0.29, 0.717) is 6.42 Å². The molecule has 6 heteroatoms. The van der Waals surface area contributed by atoms with Crippen molar-refractivity contribution in [3.05, 3.63) is 0 Å². The number of hydrogen-bond donors (Lipinski definition) is 2. The summed E-state index contributed by atoms with van der Waals surface area (Å²) in [5, 5.41) is 11.3. The Morgan fingerprint density at radius 1 is 1.41 bits per heavy atom. The van der Waals surface area contributed by atoms with Crippen LogP contribution in [0.15, 0.2) is 0 Å². The number of nitrogens with one attached hydrogen (secondary N) is 1. The van der Waals surface area contributed by atoms with Crippen molar-refractivity contribution in [2.24, 2.45) is 5.92 Å². The molecule has 2 amide bonds. The third-order valence-electron chi connectivity index (χ3n) is 3.80. The number of piperazine rings is 1. The zero-order chi connectivity index (χ0) is 12.8. The fourth-order valence-corrected chi connectivity index (χ4v) is 2.48. The van der Waals surface area contributed by atoms with Gasteiger partial charge in [0.1, 0.15) is 0 Å². The average molecular weight is 240 g/mol. The van der Waals surface area contributed by atoms with Crippen LogP contribution < -0.4 is 5.32 Å². The van der Waals surface area contributed by atoms with Crippen LogP contribution in [0.25, 0.3) is 0 Å². The molecule has 0 bridgehead atoms. The predicted molar refractivity (Wildman–Crippen MR) is 58.1 cm³/mol. The molecule has 0 aromatic heterocycles. The van der Waals surface area contributed by atoms with Gasteiger partial charge < -0.3 is 5.11 Å². The molecule has 1 saturated heterocycles. The van der Waals surface area contributed by atoms with Gasteiger partial charge in [0.2, 0.25) is 11.8 Å². The average Bonchev–Trinajstić information content (AvgIpc) is 2.11. The first-order valence-corrected chi connectivity index (χ1v) is 5.68. The van der Waals surface area contributed by atoms with E-state index in [0.717, 1.165) is 6.42 Å². The van der Waals surface area contributed by atoms with Gasteiger partial charge in [-0.25, -0.2) is 0 Å². The van der Waals surface area contributed by atoms with Gasteiger partial charge in [-0.15, -0.1) is 0 Å². The van der Waals surface area contributed by atoms with E-state index in [1.54, 1.807) is 18.7 Å². The number of carbonyl (C=O) groups excluding carboxylic acids is 2. The van der Waals surface area contributed by atoms with Crippen molar-refractivity contribution in [2.75, 3.05) is 6.54 Å². The van der Waals surface area contributed by atoms with Gasteiger partial charge in [-0.1, -0.05) is 0 Å². The van der Waals surface area contributed by atoms with Gasteiger partial charge in [0.05, 0.1) is 18.0 Å². The van der Waals surface area contributed by atoms with Crippen molar-refractivity contribution in [1.82, 2.24) is 10.2 Å². The van der Waals surface area contributed by atoms with Crippen LogP contribution in [-0.2, 0) is 14.4 Å². The van der Waals surface area contributed by atoms with Crippen molar-refractivity contribution in [2.45, 2.75) is 38.3 Å². The molecular weight excluding hydrogens is 224 g/mol. The van der Waals surface area contributed by atoms with Crippen LogP contribution >= 0.6 is 0 Å². The second kappa shape index (κ2) is 3.80. The predicted octanol–water partition coefficient (Wildman–Crippen LogP) is -0.413. The van der Waals surface area contributed by atoms with Gasteiger partial charge in [0, 0.05) is 6.04 Å². The SMILES string of the molecule is CC1(C)C(=O)NC(=O)CN1C1CCC1C(=O)O. The third kappa shape index (κ3) is 1.82. The summed E-state index contributed by atoms with van der Waals surface area (Å²) in [6, 6.07) is -0.211. The van der Waals surface area contributed by atoms with Crippen LogP contribution in [0.1, 0.15) is 26.7 Å². The molecule has 17 heavy (non-hydrogen) atoms. The molecule has 2 atom stereocenters. The van der Waals surface area contributed by atoms with E-state index in [1.165, 1.54) is 0 Å². The van der Waals surface area contributed by atoms with Crippen LogP contribution in [0.5, 0.6) is 0 Å². The summed E-state index contributed by atoms with van der Waals surface area (Å²) in [7, 11) is 0. The van der Waals surface area contributed by atoms with Gasteiger partial charge in [0.25, 0.3) is 0 Å². The zero-order valence-corrected chi connectivity index (χ0v) is 9.90. The number of rotatable bonds is 2. The van der Waals surface area contributed by atoms with Crippen molar-refractivity contribution in [1.29, 1.82) is 0 Å². The molecule has 2 rings (SSSR count). The lowest BCUT2D eigenvalue weighted by Gasteiger charge is -2.50. The summed E-state index contributed by atoms with van der Waals surface area (Å²) < 4.78 is 0. The van der Waals surface area contributed by atoms with E-state index >= 15 is 0 Å². The summed E-state index contributed by atoms with van der Waals surface area (Å²) in [6.45, 7) is 3.52. The van der Waals surface area contributed by atoms with Gasteiger partial charge in [-0.05, 0) is 26.7 Å². The smallest absolute Gasteiger partial charge is 0.308 e. The highest BCUT2D eigenvalue weighted by Crippen LogP contribution is 2.37. The first-order chi connectivity index (χ1) is 7.84. The van der Waals surface area contributed by atoms with Crippen LogP contribution in [0.4, 0.5) is 0 Å². The molecule has 1 heterocycles. The molecule has 0 aromatic carbocycles. The first-order valence-electron chi connectivity index (χ1n) is 5.68. The lowest BCUT2D eigenvalue weighted by molar-refractivity contribution is -0.161. The highest BCUT2D eigenvalue weighted by atomic mass is 16.4. The Balaban J connectivity index is 2.21. The minimum absolute atomic E-state index is 0.0905. The molecule has 0 aromatic rings. The Hall–Kier alpha value is -1.43. The normalized spacial score (nSPS) is 32.8. The highest BCUT2D eigenvalue weighted by molar-refractivity contribution is 6.03. The third-order valence-corrected chi connectivity index (χ3v) is 3.80. The maximum Gasteiger partial charge on any atom is 0.308 e. The maximum absolute atomic E-state index is 11.7. The monoisotopic (exact) mass is 240 g/mol. The van der Waals surface area contributed by atoms with Gasteiger partial charge in [0.15, 0.2) is 0 Å². The number of nitrogens with zero attached hydrogens (tertiary/aromatic N) is 1. The zero-order valence-electron chi connectivity index (χ0n) is 9.90. The highest BCUT2D eigenvalue weighted by Gasteiger charge is 2.50. The lowest BCUT2D eigenvalue weighted by Crippen LogP contribution is -2.69. The number of carboxylic acid groups (broad SMARTS) is 1. The van der Waals surface area contributed by atoms with Crippen molar-refractivity contribution >= 4 is 17.8 Å². The molecule has 94 valence electrons. The van der Waals surface area contributed by atoms with Gasteiger partial charge >= 0.3 is 5.97 Å². The van der Waals surface area contributed by atoms with Crippen molar-refractivity contribution < 1.29 is 19.5 Å². The van der Waals surface area contributed by atoms with Crippen LogP contribution in [-0.4, -0.2) is 45.9 Å². The molecule has 2 unspecified atom stereocenters. The maximum atomic E-state index is 11.7.